The Morgan fingerprint density at radius 1 is 1.31 bits per heavy atom. The maximum atomic E-state index is 4.07. The number of halogens is 1. The highest BCUT2D eigenvalue weighted by Crippen LogP contribution is 2.48. The molecule has 1 saturated carbocycles. The van der Waals surface area contributed by atoms with Crippen LogP contribution < -0.4 is 0 Å². The van der Waals surface area contributed by atoms with E-state index in [0.717, 1.165) is 22.9 Å². The molecule has 1 aliphatic rings. The zero-order chi connectivity index (χ0) is 11.0. The highest BCUT2D eigenvalue weighted by atomic mass is 79.9. The molecule has 0 spiro atoms. The molecule has 0 amide bonds. The molecule has 82 valence electrons. The maximum absolute atomic E-state index is 4.07. The largest absolute Gasteiger partial charge is 0.337 e. The Bertz CT molecular complexity index is 461. The lowest BCUT2D eigenvalue weighted by Crippen LogP contribution is -1.97. The summed E-state index contributed by atoms with van der Waals surface area (Å²) in [6, 6.07) is 8.70. The van der Waals surface area contributed by atoms with E-state index >= 15 is 0 Å². The van der Waals surface area contributed by atoms with Gasteiger partial charge in [-0.05, 0) is 36.0 Å². The van der Waals surface area contributed by atoms with E-state index in [1.165, 1.54) is 12.0 Å². The van der Waals surface area contributed by atoms with Gasteiger partial charge >= 0.3 is 0 Å². The third kappa shape index (κ3) is 2.05. The summed E-state index contributed by atoms with van der Waals surface area (Å²) < 4.78 is 3.33. The third-order valence-corrected chi connectivity index (χ3v) is 3.75. The molecule has 0 radical (unpaired) electrons. The normalized spacial score (nSPS) is 23.3. The van der Waals surface area contributed by atoms with Gasteiger partial charge in [-0.25, -0.2) is 4.98 Å². The Labute approximate surface area is 103 Å². The van der Waals surface area contributed by atoms with Crippen LogP contribution in [-0.2, 0) is 6.54 Å². The first-order valence-corrected chi connectivity index (χ1v) is 6.33. The van der Waals surface area contributed by atoms with E-state index in [1.807, 2.05) is 18.7 Å². The number of imidazole rings is 1. The Balaban J connectivity index is 1.65. The molecular weight excluding hydrogens is 264 g/mol. The molecule has 0 saturated heterocycles. The Morgan fingerprint density at radius 3 is 2.81 bits per heavy atom. The van der Waals surface area contributed by atoms with Crippen molar-refractivity contribution < 1.29 is 0 Å². The standard InChI is InChI=1S/C13H13BrN2/c14-12-3-1-10(2-4-12)13-7-11(13)8-16-6-5-15-9-16/h1-6,9,11,13H,7-8H2/t11-,13-/m1/s1. The van der Waals surface area contributed by atoms with Crippen molar-refractivity contribution in [2.24, 2.45) is 5.92 Å². The lowest BCUT2D eigenvalue weighted by molar-refractivity contribution is 0.612. The summed E-state index contributed by atoms with van der Waals surface area (Å²) >= 11 is 3.47. The molecule has 0 bridgehead atoms. The molecule has 1 aromatic heterocycles. The van der Waals surface area contributed by atoms with Crippen LogP contribution >= 0.6 is 15.9 Å². The van der Waals surface area contributed by atoms with Crippen LogP contribution in [0.25, 0.3) is 0 Å². The number of aromatic nitrogens is 2. The summed E-state index contributed by atoms with van der Waals surface area (Å²) in [5.74, 6) is 1.53. The minimum Gasteiger partial charge on any atom is -0.337 e. The van der Waals surface area contributed by atoms with Gasteiger partial charge in [0.15, 0.2) is 0 Å². The van der Waals surface area contributed by atoms with Crippen LogP contribution in [0.5, 0.6) is 0 Å². The van der Waals surface area contributed by atoms with Crippen molar-refractivity contribution in [3.63, 3.8) is 0 Å². The van der Waals surface area contributed by atoms with E-state index in [1.54, 1.807) is 0 Å². The number of nitrogens with zero attached hydrogens (tertiary/aromatic N) is 2. The van der Waals surface area contributed by atoms with E-state index < -0.39 is 0 Å². The van der Waals surface area contributed by atoms with Gasteiger partial charge in [0.1, 0.15) is 0 Å². The first-order chi connectivity index (χ1) is 7.83. The van der Waals surface area contributed by atoms with E-state index in [-0.39, 0.29) is 0 Å². The highest BCUT2D eigenvalue weighted by molar-refractivity contribution is 9.10. The predicted octanol–water partition coefficient (Wildman–Crippen LogP) is 3.45. The van der Waals surface area contributed by atoms with E-state index in [0.29, 0.717) is 0 Å². The van der Waals surface area contributed by atoms with Crippen molar-refractivity contribution in [2.45, 2.75) is 18.9 Å². The average Bonchev–Trinajstić information content (AvgIpc) is 2.85. The zero-order valence-electron chi connectivity index (χ0n) is 8.88. The van der Waals surface area contributed by atoms with Gasteiger partial charge in [0.25, 0.3) is 0 Å². The first-order valence-electron chi connectivity index (χ1n) is 5.54. The second-order valence-corrected chi connectivity index (χ2v) is 5.33. The van der Waals surface area contributed by atoms with Crippen LogP contribution in [0.2, 0.25) is 0 Å². The quantitative estimate of drug-likeness (QED) is 0.840. The fraction of sp³-hybridized carbons (Fsp3) is 0.308. The van der Waals surface area contributed by atoms with Gasteiger partial charge < -0.3 is 4.57 Å². The van der Waals surface area contributed by atoms with Gasteiger partial charge in [0.2, 0.25) is 0 Å². The fourth-order valence-corrected chi connectivity index (χ4v) is 2.50. The van der Waals surface area contributed by atoms with Crippen molar-refractivity contribution in [3.8, 4) is 0 Å². The third-order valence-electron chi connectivity index (χ3n) is 3.23. The molecular formula is C13H13BrN2. The van der Waals surface area contributed by atoms with Gasteiger partial charge in [-0.3, -0.25) is 0 Å². The molecule has 2 nitrogen and oxygen atoms in total. The number of hydrogen-bond acceptors (Lipinski definition) is 1. The number of hydrogen-bond donors (Lipinski definition) is 0. The van der Waals surface area contributed by atoms with Crippen LogP contribution in [0, 0.1) is 5.92 Å². The van der Waals surface area contributed by atoms with Crippen molar-refractivity contribution in [3.05, 3.63) is 53.0 Å². The Kier molecular flexibility index (Phi) is 2.56. The molecule has 2 atom stereocenters. The average molecular weight is 277 g/mol. The Morgan fingerprint density at radius 2 is 2.12 bits per heavy atom. The van der Waals surface area contributed by atoms with Crippen LogP contribution in [0.3, 0.4) is 0 Å². The van der Waals surface area contributed by atoms with Gasteiger partial charge in [0.05, 0.1) is 6.33 Å². The summed E-state index contributed by atoms with van der Waals surface area (Å²) in [6.45, 7) is 1.10. The van der Waals surface area contributed by atoms with Crippen LogP contribution in [0.1, 0.15) is 17.9 Å². The van der Waals surface area contributed by atoms with Crippen molar-refractivity contribution in [2.75, 3.05) is 0 Å². The molecule has 3 rings (SSSR count). The molecule has 0 unspecified atom stereocenters. The fourth-order valence-electron chi connectivity index (χ4n) is 2.23. The molecule has 2 aromatic rings. The van der Waals surface area contributed by atoms with Crippen molar-refractivity contribution in [1.29, 1.82) is 0 Å². The van der Waals surface area contributed by atoms with E-state index in [9.17, 15) is 0 Å². The van der Waals surface area contributed by atoms with Gasteiger partial charge in [0, 0.05) is 23.4 Å². The smallest absolute Gasteiger partial charge is 0.0946 e. The molecule has 0 N–H and O–H groups in total. The first kappa shape index (κ1) is 10.1. The van der Waals surface area contributed by atoms with Crippen molar-refractivity contribution >= 4 is 15.9 Å². The highest BCUT2D eigenvalue weighted by Gasteiger charge is 2.38. The molecule has 1 aliphatic carbocycles. The molecule has 1 fully saturated rings. The van der Waals surface area contributed by atoms with E-state index in [4.69, 9.17) is 0 Å². The van der Waals surface area contributed by atoms with Gasteiger partial charge in [-0.2, -0.15) is 0 Å². The summed E-state index contributed by atoms with van der Waals surface area (Å²) in [7, 11) is 0. The van der Waals surface area contributed by atoms with Crippen LogP contribution in [0.4, 0.5) is 0 Å². The topological polar surface area (TPSA) is 17.8 Å². The summed E-state index contributed by atoms with van der Waals surface area (Å²) in [4.78, 5) is 4.07. The van der Waals surface area contributed by atoms with Gasteiger partial charge in [-0.1, -0.05) is 28.1 Å². The monoisotopic (exact) mass is 276 g/mol. The predicted molar refractivity (Wildman–Crippen MR) is 67.2 cm³/mol. The lowest BCUT2D eigenvalue weighted by Gasteiger charge is -2.02. The SMILES string of the molecule is Brc1ccc([C@H]2C[C@@H]2Cn2ccnc2)cc1. The van der Waals surface area contributed by atoms with Crippen molar-refractivity contribution in [1.82, 2.24) is 9.55 Å². The molecule has 0 aliphatic heterocycles. The summed E-state index contributed by atoms with van der Waals surface area (Å²) in [6.07, 6.45) is 7.09. The minimum absolute atomic E-state index is 0.746. The van der Waals surface area contributed by atoms with E-state index in [2.05, 4.69) is 49.7 Å². The molecule has 3 heteroatoms. The maximum Gasteiger partial charge on any atom is 0.0946 e. The summed E-state index contributed by atoms with van der Waals surface area (Å²) in [5, 5.41) is 0. The molecule has 1 aromatic carbocycles. The molecule has 1 heterocycles. The second-order valence-electron chi connectivity index (χ2n) is 4.41. The Hall–Kier alpha value is -1.09. The number of rotatable bonds is 3. The second kappa shape index (κ2) is 4.06. The number of benzene rings is 1. The van der Waals surface area contributed by atoms with Crippen LogP contribution in [0.15, 0.2) is 47.5 Å². The minimum atomic E-state index is 0.746. The molecule has 16 heavy (non-hydrogen) atoms. The van der Waals surface area contributed by atoms with Crippen LogP contribution in [-0.4, -0.2) is 9.55 Å². The van der Waals surface area contributed by atoms with Gasteiger partial charge in [-0.15, -0.1) is 0 Å². The zero-order valence-corrected chi connectivity index (χ0v) is 10.5. The lowest BCUT2D eigenvalue weighted by atomic mass is 10.1. The summed E-state index contributed by atoms with van der Waals surface area (Å²) in [5.41, 5.74) is 1.47.